The number of pyridine rings is 1. The minimum absolute atomic E-state index is 0.0516. The summed E-state index contributed by atoms with van der Waals surface area (Å²) < 4.78 is 52.3. The highest BCUT2D eigenvalue weighted by Crippen LogP contribution is 2.35. The summed E-state index contributed by atoms with van der Waals surface area (Å²) in [5, 5.41) is 2.66. The molecule has 1 N–H and O–H groups in total. The zero-order valence-electron chi connectivity index (χ0n) is 11.2. The van der Waals surface area contributed by atoms with Gasteiger partial charge in [0.15, 0.2) is 11.6 Å². The van der Waals surface area contributed by atoms with Crippen molar-refractivity contribution in [1.82, 2.24) is 15.0 Å². The average Bonchev–Trinajstić information content (AvgIpc) is 2.48. The van der Waals surface area contributed by atoms with Gasteiger partial charge >= 0.3 is 6.18 Å². The lowest BCUT2D eigenvalue weighted by Gasteiger charge is -2.13. The fraction of sp³-hybridized carbons (Fsp3) is 0.0714. The van der Waals surface area contributed by atoms with E-state index in [0.29, 0.717) is 11.6 Å². The van der Waals surface area contributed by atoms with Gasteiger partial charge in [-0.15, -0.1) is 0 Å². The lowest BCUT2D eigenvalue weighted by Crippen LogP contribution is -2.10. The van der Waals surface area contributed by atoms with Crippen molar-refractivity contribution in [2.75, 3.05) is 5.32 Å². The fourth-order valence-electron chi connectivity index (χ4n) is 1.98. The third-order valence-electron chi connectivity index (χ3n) is 3.01. The maximum atomic E-state index is 14.1. The molecule has 0 aliphatic rings. The molecule has 0 atom stereocenters. The number of benzene rings is 1. The van der Waals surface area contributed by atoms with E-state index in [2.05, 4.69) is 20.3 Å². The highest BCUT2D eigenvalue weighted by atomic mass is 35.5. The molecule has 0 fully saturated rings. The Kier molecular flexibility index (Phi) is 3.77. The maximum absolute atomic E-state index is 14.1. The molecule has 9 heteroatoms. The average molecular weight is 343 g/mol. The van der Waals surface area contributed by atoms with Gasteiger partial charge < -0.3 is 5.32 Å². The van der Waals surface area contributed by atoms with Crippen molar-refractivity contribution in [1.29, 1.82) is 0 Å². The van der Waals surface area contributed by atoms with Crippen molar-refractivity contribution >= 4 is 34.1 Å². The molecule has 2 aromatic heterocycles. The number of anilines is 2. The SMILES string of the molecule is Fc1c(Nc2ncnc3ccc(Cl)nc23)cccc1C(F)(F)F. The van der Waals surface area contributed by atoms with E-state index in [1.54, 1.807) is 6.07 Å². The first kappa shape index (κ1) is 15.4. The van der Waals surface area contributed by atoms with Crippen molar-refractivity contribution in [3.05, 3.63) is 53.2 Å². The van der Waals surface area contributed by atoms with E-state index in [0.717, 1.165) is 6.07 Å². The molecule has 0 bridgehead atoms. The number of nitrogens with zero attached hydrogens (tertiary/aromatic N) is 3. The maximum Gasteiger partial charge on any atom is 0.419 e. The van der Waals surface area contributed by atoms with Gasteiger partial charge in [-0.05, 0) is 24.3 Å². The second-order valence-corrected chi connectivity index (χ2v) is 4.90. The van der Waals surface area contributed by atoms with Crippen LogP contribution in [0.15, 0.2) is 36.7 Å². The predicted molar refractivity (Wildman–Crippen MR) is 77.0 cm³/mol. The van der Waals surface area contributed by atoms with Crippen LogP contribution in [0, 0.1) is 5.82 Å². The van der Waals surface area contributed by atoms with Crippen LogP contribution in [-0.4, -0.2) is 15.0 Å². The standard InChI is InChI=1S/C14H7ClF4N4/c15-10-5-4-9-12(23-10)13(21-6-20-9)22-8-3-1-2-7(11(8)16)14(17,18)19/h1-6H,(H,20,21,22). The van der Waals surface area contributed by atoms with Gasteiger partial charge in [-0.3, -0.25) is 0 Å². The van der Waals surface area contributed by atoms with Crippen molar-refractivity contribution in [2.24, 2.45) is 0 Å². The first-order valence-corrected chi connectivity index (χ1v) is 6.64. The third kappa shape index (κ3) is 3.02. The number of rotatable bonds is 2. The Morgan fingerprint density at radius 1 is 1.04 bits per heavy atom. The van der Waals surface area contributed by atoms with Gasteiger partial charge in [0, 0.05) is 0 Å². The Morgan fingerprint density at radius 2 is 1.83 bits per heavy atom. The molecule has 23 heavy (non-hydrogen) atoms. The summed E-state index contributed by atoms with van der Waals surface area (Å²) in [5.41, 5.74) is -1.11. The number of hydrogen-bond donors (Lipinski definition) is 1. The Bertz CT molecular complexity index is 882. The molecule has 0 aliphatic carbocycles. The molecule has 0 unspecified atom stereocenters. The molecule has 3 aromatic rings. The van der Waals surface area contributed by atoms with E-state index in [9.17, 15) is 17.6 Å². The van der Waals surface area contributed by atoms with Crippen LogP contribution in [0.3, 0.4) is 0 Å². The molecule has 0 aliphatic heterocycles. The molecule has 0 amide bonds. The molecule has 3 rings (SSSR count). The Balaban J connectivity index is 2.08. The number of fused-ring (bicyclic) bond motifs is 1. The molecule has 0 radical (unpaired) electrons. The highest BCUT2D eigenvalue weighted by molar-refractivity contribution is 6.29. The number of halogens is 5. The summed E-state index contributed by atoms with van der Waals surface area (Å²) in [6.07, 6.45) is -3.61. The van der Waals surface area contributed by atoms with Crippen LogP contribution in [0.5, 0.6) is 0 Å². The van der Waals surface area contributed by atoms with Crippen LogP contribution < -0.4 is 5.32 Å². The van der Waals surface area contributed by atoms with E-state index in [1.165, 1.54) is 18.5 Å². The van der Waals surface area contributed by atoms with Crippen LogP contribution in [-0.2, 0) is 6.18 Å². The lowest BCUT2D eigenvalue weighted by molar-refractivity contribution is -0.139. The third-order valence-corrected chi connectivity index (χ3v) is 3.22. The molecule has 1 aromatic carbocycles. The Labute approximate surface area is 132 Å². The second-order valence-electron chi connectivity index (χ2n) is 4.51. The van der Waals surface area contributed by atoms with Gasteiger partial charge in [-0.1, -0.05) is 17.7 Å². The van der Waals surface area contributed by atoms with E-state index in [1.807, 2.05) is 0 Å². The summed E-state index contributed by atoms with van der Waals surface area (Å²) in [6.45, 7) is 0. The van der Waals surface area contributed by atoms with E-state index < -0.39 is 17.6 Å². The summed E-state index contributed by atoms with van der Waals surface area (Å²) in [6, 6.07) is 6.00. The summed E-state index contributed by atoms with van der Waals surface area (Å²) >= 11 is 5.79. The zero-order chi connectivity index (χ0) is 16.6. The van der Waals surface area contributed by atoms with Gasteiger partial charge in [0.25, 0.3) is 0 Å². The summed E-state index contributed by atoms with van der Waals surface area (Å²) in [4.78, 5) is 11.8. The molecular weight excluding hydrogens is 336 g/mol. The van der Waals surface area contributed by atoms with Crippen molar-refractivity contribution in [2.45, 2.75) is 6.18 Å². The first-order chi connectivity index (χ1) is 10.9. The van der Waals surface area contributed by atoms with Crippen molar-refractivity contribution < 1.29 is 17.6 Å². The van der Waals surface area contributed by atoms with Crippen LogP contribution in [0.25, 0.3) is 11.0 Å². The lowest BCUT2D eigenvalue weighted by atomic mass is 10.1. The summed E-state index contributed by atoms with van der Waals surface area (Å²) in [7, 11) is 0. The molecule has 4 nitrogen and oxygen atoms in total. The Hall–Kier alpha value is -2.48. The van der Waals surface area contributed by atoms with Gasteiger partial charge in [-0.25, -0.2) is 19.3 Å². The normalized spacial score (nSPS) is 11.7. The molecule has 118 valence electrons. The zero-order valence-corrected chi connectivity index (χ0v) is 12.0. The van der Waals surface area contributed by atoms with Crippen LogP contribution in [0.2, 0.25) is 5.15 Å². The van der Waals surface area contributed by atoms with Crippen LogP contribution in [0.1, 0.15) is 5.56 Å². The van der Waals surface area contributed by atoms with Gasteiger partial charge in [-0.2, -0.15) is 13.2 Å². The quantitative estimate of drug-likeness (QED) is 0.547. The fourth-order valence-corrected chi connectivity index (χ4v) is 2.13. The van der Waals surface area contributed by atoms with Crippen LogP contribution >= 0.6 is 11.6 Å². The van der Waals surface area contributed by atoms with E-state index in [4.69, 9.17) is 11.6 Å². The van der Waals surface area contributed by atoms with Crippen LogP contribution in [0.4, 0.5) is 29.1 Å². The molecular formula is C14H7ClF4N4. The second kappa shape index (κ2) is 5.62. The highest BCUT2D eigenvalue weighted by Gasteiger charge is 2.35. The number of alkyl halides is 3. The topological polar surface area (TPSA) is 50.7 Å². The smallest absolute Gasteiger partial charge is 0.336 e. The number of aromatic nitrogens is 3. The largest absolute Gasteiger partial charge is 0.419 e. The number of hydrogen-bond acceptors (Lipinski definition) is 4. The molecule has 0 saturated carbocycles. The Morgan fingerprint density at radius 3 is 2.57 bits per heavy atom. The summed E-state index contributed by atoms with van der Waals surface area (Å²) in [5.74, 6) is -1.37. The number of nitrogens with one attached hydrogen (secondary N) is 1. The predicted octanol–water partition coefficient (Wildman–Crippen LogP) is 4.58. The monoisotopic (exact) mass is 342 g/mol. The first-order valence-electron chi connectivity index (χ1n) is 6.26. The van der Waals surface area contributed by atoms with Gasteiger partial charge in [0.2, 0.25) is 0 Å². The molecule has 0 saturated heterocycles. The molecule has 2 heterocycles. The van der Waals surface area contributed by atoms with Crippen molar-refractivity contribution in [3.63, 3.8) is 0 Å². The van der Waals surface area contributed by atoms with E-state index >= 15 is 0 Å². The van der Waals surface area contributed by atoms with Crippen molar-refractivity contribution in [3.8, 4) is 0 Å². The van der Waals surface area contributed by atoms with Gasteiger partial charge in [0.1, 0.15) is 17.0 Å². The van der Waals surface area contributed by atoms with E-state index in [-0.39, 0.29) is 22.2 Å². The minimum Gasteiger partial charge on any atom is -0.336 e. The minimum atomic E-state index is -4.79. The molecule has 0 spiro atoms. The van der Waals surface area contributed by atoms with Gasteiger partial charge in [0.05, 0.1) is 16.8 Å².